The van der Waals surface area contributed by atoms with Gasteiger partial charge in [0.2, 0.25) is 5.91 Å². The van der Waals surface area contributed by atoms with Crippen molar-refractivity contribution >= 4 is 5.91 Å². The molecule has 1 heterocycles. The van der Waals surface area contributed by atoms with Crippen LogP contribution in [-0.4, -0.2) is 28.0 Å². The van der Waals surface area contributed by atoms with Gasteiger partial charge < -0.3 is 10.1 Å². The average Bonchev–Trinajstić information content (AvgIpc) is 2.51. The molecule has 0 spiro atoms. The van der Waals surface area contributed by atoms with E-state index in [4.69, 9.17) is 4.74 Å². The summed E-state index contributed by atoms with van der Waals surface area (Å²) in [6.07, 6.45) is 7.31. The van der Waals surface area contributed by atoms with Gasteiger partial charge in [-0.3, -0.25) is 4.79 Å². The van der Waals surface area contributed by atoms with Crippen molar-refractivity contribution in [2.45, 2.75) is 64.5 Å². The van der Waals surface area contributed by atoms with Gasteiger partial charge in [-0.25, -0.2) is 14.4 Å². The Morgan fingerprint density at radius 2 is 2.00 bits per heavy atom. The quantitative estimate of drug-likeness (QED) is 0.877. The number of hydrogen-bond acceptors (Lipinski definition) is 4. The molecule has 1 N–H and O–H groups in total. The second kappa shape index (κ2) is 8.06. The molecule has 5 nitrogen and oxygen atoms in total. The van der Waals surface area contributed by atoms with Crippen LogP contribution < -0.4 is 10.1 Å². The fourth-order valence-corrected chi connectivity index (χ4v) is 2.58. The molecule has 1 aliphatic rings. The highest BCUT2D eigenvalue weighted by atomic mass is 19.1. The molecule has 122 valence electrons. The highest BCUT2D eigenvalue weighted by molar-refractivity contribution is 5.76. The van der Waals surface area contributed by atoms with Crippen LogP contribution in [-0.2, 0) is 4.79 Å². The van der Waals surface area contributed by atoms with Gasteiger partial charge in [-0.1, -0.05) is 20.3 Å². The minimum absolute atomic E-state index is 0.0354. The number of halogens is 1. The number of nitrogens with zero attached hydrogens (tertiary/aromatic N) is 2. The molecule has 1 aromatic heterocycles. The summed E-state index contributed by atoms with van der Waals surface area (Å²) in [6, 6.07) is 0.441. The maximum absolute atomic E-state index is 12.7. The zero-order chi connectivity index (χ0) is 15.9. The van der Waals surface area contributed by atoms with Crippen LogP contribution in [0.4, 0.5) is 4.39 Å². The van der Waals surface area contributed by atoms with E-state index >= 15 is 0 Å². The summed E-state index contributed by atoms with van der Waals surface area (Å²) in [5.74, 6) is 0.0935. The van der Waals surface area contributed by atoms with E-state index in [2.05, 4.69) is 29.1 Å². The first kappa shape index (κ1) is 16.6. The number of nitrogens with one attached hydrogen (secondary N) is 1. The SMILES string of the molecule is CCC(C)CC(=O)NC1CCC(Oc2ncc(F)cn2)CC1. The van der Waals surface area contributed by atoms with E-state index in [1.54, 1.807) is 0 Å². The van der Waals surface area contributed by atoms with Gasteiger partial charge >= 0.3 is 6.01 Å². The molecule has 0 saturated heterocycles. The van der Waals surface area contributed by atoms with Gasteiger partial charge in [-0.2, -0.15) is 0 Å². The zero-order valence-electron chi connectivity index (χ0n) is 13.2. The molecule has 1 saturated carbocycles. The summed E-state index contributed by atoms with van der Waals surface area (Å²) < 4.78 is 18.4. The van der Waals surface area contributed by atoms with Gasteiger partial charge in [-0.05, 0) is 31.6 Å². The lowest BCUT2D eigenvalue weighted by atomic mass is 9.92. The molecule has 0 aliphatic heterocycles. The van der Waals surface area contributed by atoms with E-state index in [1.807, 2.05) is 0 Å². The third-order valence-corrected chi connectivity index (χ3v) is 4.14. The molecule has 0 bridgehead atoms. The topological polar surface area (TPSA) is 64.1 Å². The van der Waals surface area contributed by atoms with Gasteiger partial charge in [0.05, 0.1) is 12.4 Å². The summed E-state index contributed by atoms with van der Waals surface area (Å²) in [6.45, 7) is 4.19. The Morgan fingerprint density at radius 1 is 1.36 bits per heavy atom. The molecule has 1 unspecified atom stereocenters. The van der Waals surface area contributed by atoms with E-state index in [0.717, 1.165) is 44.5 Å². The number of carbonyl (C=O) groups is 1. The Balaban J connectivity index is 1.71. The zero-order valence-corrected chi connectivity index (χ0v) is 13.2. The largest absolute Gasteiger partial charge is 0.460 e. The van der Waals surface area contributed by atoms with Crippen molar-refractivity contribution in [3.63, 3.8) is 0 Å². The maximum atomic E-state index is 12.7. The van der Waals surface area contributed by atoms with Crippen molar-refractivity contribution in [2.75, 3.05) is 0 Å². The second-order valence-electron chi connectivity index (χ2n) is 6.06. The van der Waals surface area contributed by atoms with Crippen molar-refractivity contribution in [3.05, 3.63) is 18.2 Å². The Bertz CT molecular complexity index is 473. The van der Waals surface area contributed by atoms with Crippen molar-refractivity contribution < 1.29 is 13.9 Å². The molecule has 0 radical (unpaired) electrons. The Morgan fingerprint density at radius 3 is 2.59 bits per heavy atom. The molecule has 1 aliphatic carbocycles. The number of aromatic nitrogens is 2. The Hall–Kier alpha value is -1.72. The lowest BCUT2D eigenvalue weighted by molar-refractivity contribution is -0.123. The summed E-state index contributed by atoms with van der Waals surface area (Å²) in [4.78, 5) is 19.5. The molecule has 0 aromatic carbocycles. The molecule has 22 heavy (non-hydrogen) atoms. The van der Waals surface area contributed by atoms with Crippen LogP contribution in [0.2, 0.25) is 0 Å². The number of amides is 1. The van der Waals surface area contributed by atoms with Crippen LogP contribution in [0, 0.1) is 11.7 Å². The third kappa shape index (κ3) is 5.24. The number of hydrogen-bond donors (Lipinski definition) is 1. The van der Waals surface area contributed by atoms with Crippen LogP contribution in [0.3, 0.4) is 0 Å². The first-order valence-electron chi connectivity index (χ1n) is 8.00. The molecule has 1 amide bonds. The third-order valence-electron chi connectivity index (χ3n) is 4.14. The molecular formula is C16H24FN3O2. The lowest BCUT2D eigenvalue weighted by Gasteiger charge is -2.29. The lowest BCUT2D eigenvalue weighted by Crippen LogP contribution is -2.40. The van der Waals surface area contributed by atoms with E-state index in [9.17, 15) is 9.18 Å². The van der Waals surface area contributed by atoms with E-state index in [1.165, 1.54) is 0 Å². The number of rotatable bonds is 6. The van der Waals surface area contributed by atoms with Gasteiger partial charge in [0.15, 0.2) is 5.82 Å². The van der Waals surface area contributed by atoms with Gasteiger partial charge in [0.1, 0.15) is 6.10 Å². The van der Waals surface area contributed by atoms with Crippen molar-refractivity contribution in [3.8, 4) is 6.01 Å². The standard InChI is InChI=1S/C16H24FN3O2/c1-3-11(2)8-15(21)20-13-4-6-14(7-5-13)22-16-18-9-12(17)10-19-16/h9-11,13-14H,3-8H2,1-2H3,(H,20,21). The normalized spacial score (nSPS) is 22.9. The first-order chi connectivity index (χ1) is 10.6. The summed E-state index contributed by atoms with van der Waals surface area (Å²) in [7, 11) is 0. The van der Waals surface area contributed by atoms with Crippen LogP contribution in [0.15, 0.2) is 12.4 Å². The second-order valence-corrected chi connectivity index (χ2v) is 6.06. The van der Waals surface area contributed by atoms with Crippen LogP contribution in [0.25, 0.3) is 0 Å². The van der Waals surface area contributed by atoms with Crippen LogP contribution in [0.1, 0.15) is 52.4 Å². The average molecular weight is 309 g/mol. The highest BCUT2D eigenvalue weighted by Gasteiger charge is 2.24. The minimum atomic E-state index is -0.472. The monoisotopic (exact) mass is 309 g/mol. The van der Waals surface area contributed by atoms with Crippen LogP contribution >= 0.6 is 0 Å². The molecule has 1 fully saturated rings. The molecule has 2 rings (SSSR count). The fraction of sp³-hybridized carbons (Fsp3) is 0.688. The molecule has 1 atom stereocenters. The molecule has 1 aromatic rings. The highest BCUT2D eigenvalue weighted by Crippen LogP contribution is 2.22. The summed E-state index contributed by atoms with van der Waals surface area (Å²) in [5.41, 5.74) is 0. The Kier molecular flexibility index (Phi) is 6.10. The van der Waals surface area contributed by atoms with E-state index in [0.29, 0.717) is 12.3 Å². The van der Waals surface area contributed by atoms with Gasteiger partial charge in [-0.15, -0.1) is 0 Å². The van der Waals surface area contributed by atoms with Crippen molar-refractivity contribution in [1.82, 2.24) is 15.3 Å². The minimum Gasteiger partial charge on any atom is -0.460 e. The van der Waals surface area contributed by atoms with Crippen molar-refractivity contribution in [1.29, 1.82) is 0 Å². The molecular weight excluding hydrogens is 285 g/mol. The predicted molar refractivity (Wildman–Crippen MR) is 80.9 cm³/mol. The fourth-order valence-electron chi connectivity index (χ4n) is 2.58. The molecule has 6 heteroatoms. The maximum Gasteiger partial charge on any atom is 0.316 e. The number of ether oxygens (including phenoxy) is 1. The van der Waals surface area contributed by atoms with Gasteiger partial charge in [0, 0.05) is 12.5 Å². The smallest absolute Gasteiger partial charge is 0.316 e. The predicted octanol–water partition coefficient (Wildman–Crippen LogP) is 2.86. The van der Waals surface area contributed by atoms with E-state index in [-0.39, 0.29) is 24.1 Å². The van der Waals surface area contributed by atoms with E-state index < -0.39 is 5.82 Å². The van der Waals surface area contributed by atoms with Gasteiger partial charge in [0.25, 0.3) is 0 Å². The summed E-state index contributed by atoms with van der Waals surface area (Å²) in [5, 5.41) is 3.10. The first-order valence-corrected chi connectivity index (χ1v) is 8.00. The van der Waals surface area contributed by atoms with Crippen molar-refractivity contribution in [2.24, 2.45) is 5.92 Å². The number of carbonyl (C=O) groups excluding carboxylic acids is 1. The van der Waals surface area contributed by atoms with Crippen LogP contribution in [0.5, 0.6) is 6.01 Å². The Labute approximate surface area is 130 Å². The summed E-state index contributed by atoms with van der Waals surface area (Å²) >= 11 is 0.